The van der Waals surface area contributed by atoms with Gasteiger partial charge in [0.1, 0.15) is 0 Å². The normalized spacial score (nSPS) is 10.2. The Hall–Kier alpha value is -1.50. The van der Waals surface area contributed by atoms with Gasteiger partial charge in [-0.05, 0) is 6.92 Å². The van der Waals surface area contributed by atoms with Gasteiger partial charge in [-0.25, -0.2) is 0 Å². The Morgan fingerprint density at radius 1 is 0.733 bits per heavy atom. The third-order valence-corrected chi connectivity index (χ3v) is 5.62. The molecule has 30 heavy (non-hydrogen) atoms. The second-order valence-corrected chi connectivity index (χ2v) is 17.7. The van der Waals surface area contributed by atoms with Crippen molar-refractivity contribution in [3.05, 3.63) is 94.0 Å². The molecule has 0 atom stereocenters. The fourth-order valence-electron chi connectivity index (χ4n) is 3.65. The van der Waals surface area contributed by atoms with Crippen LogP contribution in [0.5, 0.6) is 0 Å². The Bertz CT molecular complexity index is 1100. The van der Waals surface area contributed by atoms with Crippen molar-refractivity contribution in [2.24, 2.45) is 0 Å². The summed E-state index contributed by atoms with van der Waals surface area (Å²) >= 11 is 1.74. The van der Waals surface area contributed by atoms with Crippen molar-refractivity contribution in [2.75, 3.05) is 0 Å². The summed E-state index contributed by atoms with van der Waals surface area (Å²) < 4.78 is 0. The molecule has 154 valence electrons. The second-order valence-electron chi connectivity index (χ2n) is 8.36. The standard InChI is InChI=1S/C17H15.C9H13.C2H6Si.Zr/c1-12-8-9-13(2)17-15(12)10-11-16(17)14-6-4-3-5-7-14;1-6-5-7(2)9(4)8(6)3;1-3-2;/h3-11H,1-2H3;5H,1-4H3;1-2H3;/q2*-1;;+2. The zero-order chi connectivity index (χ0) is 22.4. The maximum atomic E-state index is 2.31. The van der Waals surface area contributed by atoms with Crippen molar-refractivity contribution in [2.45, 2.75) is 54.6 Å². The molecule has 0 radical (unpaired) electrons. The van der Waals surface area contributed by atoms with Crippen LogP contribution in [0, 0.1) is 41.5 Å². The molecule has 4 aromatic carbocycles. The van der Waals surface area contributed by atoms with Gasteiger partial charge in [0, 0.05) is 0 Å². The monoisotopic (exact) mass is 488 g/mol. The maximum absolute atomic E-state index is 2.31. The molecule has 0 N–H and O–H groups in total. The molecule has 0 aromatic heterocycles. The van der Waals surface area contributed by atoms with Gasteiger partial charge in [-0.2, -0.15) is 28.3 Å². The van der Waals surface area contributed by atoms with E-state index in [-0.39, 0.29) is 5.43 Å². The summed E-state index contributed by atoms with van der Waals surface area (Å²) in [6, 6.07) is 21.7. The molecule has 0 heterocycles. The zero-order valence-electron chi connectivity index (χ0n) is 19.8. The van der Waals surface area contributed by atoms with E-state index in [0.29, 0.717) is 0 Å². The number of aryl methyl sites for hydroxylation is 4. The van der Waals surface area contributed by atoms with E-state index in [9.17, 15) is 0 Å². The number of fused-ring (bicyclic) bond motifs is 1. The second kappa shape index (κ2) is 11.2. The van der Waals surface area contributed by atoms with Crippen LogP contribution in [0.4, 0.5) is 0 Å². The van der Waals surface area contributed by atoms with Crippen LogP contribution < -0.4 is 0 Å². The van der Waals surface area contributed by atoms with Crippen molar-refractivity contribution in [1.82, 2.24) is 0 Å². The number of hydrogen-bond donors (Lipinski definition) is 0. The van der Waals surface area contributed by atoms with Crippen LogP contribution in [0.25, 0.3) is 21.9 Å². The Labute approximate surface area is 198 Å². The molecule has 0 aliphatic carbocycles. The first-order chi connectivity index (χ1) is 14.1. The smallest absolute Gasteiger partial charge is 0.0487 e. The van der Waals surface area contributed by atoms with Crippen LogP contribution in [0.1, 0.15) is 33.4 Å². The topological polar surface area (TPSA) is 0 Å². The first-order valence-electron chi connectivity index (χ1n) is 10.6. The van der Waals surface area contributed by atoms with Gasteiger partial charge in [-0.1, -0.05) is 82.1 Å². The summed E-state index contributed by atoms with van der Waals surface area (Å²) in [5.74, 6) is 0. The molecule has 0 aliphatic heterocycles. The average Bonchev–Trinajstić information content (AvgIpc) is 3.25. The number of rotatable bonds is 1. The van der Waals surface area contributed by atoms with Gasteiger partial charge in [0.05, 0.1) is 0 Å². The third-order valence-electron chi connectivity index (χ3n) is 5.62. The van der Waals surface area contributed by atoms with Crippen LogP contribution >= 0.6 is 0 Å². The minimum absolute atomic E-state index is 0.210. The van der Waals surface area contributed by atoms with E-state index in [1.165, 1.54) is 55.3 Å². The predicted octanol–water partition coefficient (Wildman–Crippen LogP) is 8.27. The van der Waals surface area contributed by atoms with E-state index in [0.717, 1.165) is 0 Å². The van der Waals surface area contributed by atoms with Crippen LogP contribution in [-0.2, 0) is 23.3 Å². The Morgan fingerprint density at radius 3 is 1.70 bits per heavy atom. The Balaban J connectivity index is 0.000000207. The molecule has 0 aliphatic rings. The molecule has 0 fully saturated rings. The molecule has 0 saturated heterocycles. The molecule has 0 bridgehead atoms. The van der Waals surface area contributed by atoms with Gasteiger partial charge in [0.15, 0.2) is 0 Å². The fraction of sp³-hybridized carbons (Fsp3) is 0.286. The molecule has 4 aromatic rings. The molecular weight excluding hydrogens is 456 g/mol. The first-order valence-corrected chi connectivity index (χ1v) is 16.7. The van der Waals surface area contributed by atoms with Crippen molar-refractivity contribution < 1.29 is 23.3 Å². The van der Waals surface area contributed by atoms with E-state index < -0.39 is 0 Å². The summed E-state index contributed by atoms with van der Waals surface area (Å²) in [7, 11) is 0. The SMILES string of the molecule is C[Si](C)=[Zr+2].Cc1[cH-]c(C)c(C)c1C.Cc1ccc(C)c2c(-c3ccccc3)c[cH-]c12. The van der Waals surface area contributed by atoms with Gasteiger partial charge in [0.2, 0.25) is 0 Å². The van der Waals surface area contributed by atoms with Crippen molar-refractivity contribution >= 4 is 16.2 Å². The molecule has 0 spiro atoms. The van der Waals surface area contributed by atoms with E-state index in [4.69, 9.17) is 0 Å². The van der Waals surface area contributed by atoms with Gasteiger partial charge in [0.25, 0.3) is 0 Å². The van der Waals surface area contributed by atoms with E-state index in [1.807, 2.05) is 0 Å². The van der Waals surface area contributed by atoms with Crippen LogP contribution in [-0.4, -0.2) is 5.43 Å². The van der Waals surface area contributed by atoms with Crippen molar-refractivity contribution in [3.63, 3.8) is 0 Å². The van der Waals surface area contributed by atoms with Gasteiger partial charge in [-0.3, -0.25) is 0 Å². The summed E-state index contributed by atoms with van der Waals surface area (Å²) in [4.78, 5) is 0. The van der Waals surface area contributed by atoms with E-state index in [2.05, 4.69) is 115 Å². The Kier molecular flexibility index (Phi) is 9.26. The van der Waals surface area contributed by atoms with Crippen LogP contribution in [0.2, 0.25) is 13.1 Å². The predicted molar refractivity (Wildman–Crippen MR) is 133 cm³/mol. The minimum atomic E-state index is 0.210. The molecule has 0 saturated carbocycles. The number of hydrogen-bond acceptors (Lipinski definition) is 0. The van der Waals surface area contributed by atoms with Gasteiger partial charge >= 0.3 is 41.9 Å². The summed E-state index contributed by atoms with van der Waals surface area (Å²) in [6.07, 6.45) is 0. The minimum Gasteiger partial charge on any atom is -0.196 e. The quantitative estimate of drug-likeness (QED) is 0.186. The Morgan fingerprint density at radius 2 is 1.23 bits per heavy atom. The van der Waals surface area contributed by atoms with E-state index >= 15 is 0 Å². The molecule has 4 rings (SSSR count). The van der Waals surface area contributed by atoms with Crippen molar-refractivity contribution in [1.29, 1.82) is 0 Å². The summed E-state index contributed by atoms with van der Waals surface area (Å²) in [6.45, 7) is 17.7. The third kappa shape index (κ3) is 6.25. The molecular formula is C28H34SiZr. The average molecular weight is 490 g/mol. The molecule has 0 nitrogen and oxygen atoms in total. The fourth-order valence-corrected chi connectivity index (χ4v) is 3.65. The van der Waals surface area contributed by atoms with Crippen molar-refractivity contribution in [3.8, 4) is 11.1 Å². The van der Waals surface area contributed by atoms with Crippen LogP contribution in [0.3, 0.4) is 0 Å². The van der Waals surface area contributed by atoms with Gasteiger partial charge in [-0.15, -0.1) is 40.1 Å². The van der Waals surface area contributed by atoms with Gasteiger partial charge < -0.3 is 0 Å². The number of benzene rings is 2. The maximum Gasteiger partial charge on any atom is -0.0487 e. The van der Waals surface area contributed by atoms with Crippen LogP contribution in [0.15, 0.2) is 60.7 Å². The first kappa shape index (κ1) is 24.8. The summed E-state index contributed by atoms with van der Waals surface area (Å²) in [5, 5.41) is 2.78. The molecule has 2 heteroatoms. The van der Waals surface area contributed by atoms with E-state index in [1.54, 1.807) is 23.3 Å². The largest absolute Gasteiger partial charge is 0.196 e. The molecule has 0 amide bonds. The zero-order valence-corrected chi connectivity index (χ0v) is 23.2. The summed E-state index contributed by atoms with van der Waals surface area (Å²) in [5.41, 5.74) is 11.3. The molecule has 0 unspecified atom stereocenters.